The smallest absolute Gasteiger partial charge is 0.0327 e. The summed E-state index contributed by atoms with van der Waals surface area (Å²) in [5.74, 6) is 1.81. The van der Waals surface area contributed by atoms with Crippen LogP contribution >= 0.6 is 0 Å². The highest BCUT2D eigenvalue weighted by Crippen LogP contribution is 2.33. The van der Waals surface area contributed by atoms with Gasteiger partial charge in [0.25, 0.3) is 0 Å². The molecule has 2 aliphatic carbocycles. The average molecular weight is 280 g/mol. The SMILES string of the molecule is CC(C)C1CCCC(NCC2(N(C)C)CCCCC2)C1. The predicted octanol–water partition coefficient (Wildman–Crippen LogP) is 4.06. The molecular weight excluding hydrogens is 244 g/mol. The zero-order valence-corrected chi connectivity index (χ0v) is 14.3. The molecule has 2 aliphatic rings. The lowest BCUT2D eigenvalue weighted by Crippen LogP contribution is -2.55. The number of hydrogen-bond donors (Lipinski definition) is 1. The van der Waals surface area contributed by atoms with Crippen molar-refractivity contribution >= 4 is 0 Å². The van der Waals surface area contributed by atoms with Gasteiger partial charge in [-0.3, -0.25) is 0 Å². The molecule has 2 unspecified atom stereocenters. The summed E-state index contributed by atoms with van der Waals surface area (Å²) in [4.78, 5) is 2.50. The van der Waals surface area contributed by atoms with Crippen LogP contribution in [0.15, 0.2) is 0 Å². The van der Waals surface area contributed by atoms with Gasteiger partial charge >= 0.3 is 0 Å². The van der Waals surface area contributed by atoms with E-state index < -0.39 is 0 Å². The van der Waals surface area contributed by atoms with E-state index in [1.165, 1.54) is 64.3 Å². The van der Waals surface area contributed by atoms with E-state index in [1.54, 1.807) is 0 Å². The molecule has 2 nitrogen and oxygen atoms in total. The van der Waals surface area contributed by atoms with Crippen LogP contribution in [0.2, 0.25) is 0 Å². The van der Waals surface area contributed by atoms with E-state index in [0.717, 1.165) is 17.9 Å². The molecule has 0 saturated heterocycles. The zero-order chi connectivity index (χ0) is 14.6. The Morgan fingerprint density at radius 3 is 2.35 bits per heavy atom. The molecule has 2 heteroatoms. The van der Waals surface area contributed by atoms with Crippen LogP contribution in [0.25, 0.3) is 0 Å². The van der Waals surface area contributed by atoms with Crippen LogP contribution < -0.4 is 5.32 Å². The molecule has 2 saturated carbocycles. The maximum absolute atomic E-state index is 3.96. The van der Waals surface area contributed by atoms with Crippen LogP contribution in [-0.2, 0) is 0 Å². The number of nitrogens with one attached hydrogen (secondary N) is 1. The molecule has 2 atom stereocenters. The average Bonchev–Trinajstić information content (AvgIpc) is 2.46. The van der Waals surface area contributed by atoms with Crippen molar-refractivity contribution in [3.05, 3.63) is 0 Å². The van der Waals surface area contributed by atoms with E-state index >= 15 is 0 Å². The quantitative estimate of drug-likeness (QED) is 0.817. The summed E-state index contributed by atoms with van der Waals surface area (Å²) in [7, 11) is 4.57. The van der Waals surface area contributed by atoms with E-state index in [-0.39, 0.29) is 0 Å². The van der Waals surface area contributed by atoms with Gasteiger partial charge in [-0.25, -0.2) is 0 Å². The van der Waals surface area contributed by atoms with E-state index in [0.29, 0.717) is 5.54 Å². The lowest BCUT2D eigenvalue weighted by molar-refractivity contribution is 0.0898. The molecule has 118 valence electrons. The first kappa shape index (κ1) is 16.3. The monoisotopic (exact) mass is 280 g/mol. The maximum atomic E-state index is 3.96. The van der Waals surface area contributed by atoms with Crippen LogP contribution in [0.4, 0.5) is 0 Å². The van der Waals surface area contributed by atoms with Gasteiger partial charge in [-0.15, -0.1) is 0 Å². The summed E-state index contributed by atoms with van der Waals surface area (Å²) in [6.45, 7) is 6.00. The summed E-state index contributed by atoms with van der Waals surface area (Å²) >= 11 is 0. The summed E-state index contributed by atoms with van der Waals surface area (Å²) < 4.78 is 0. The Kier molecular flexibility index (Phi) is 5.92. The highest BCUT2D eigenvalue weighted by molar-refractivity contribution is 4.94. The first-order chi connectivity index (χ1) is 9.53. The third-order valence-electron chi connectivity index (χ3n) is 6.11. The molecule has 1 N–H and O–H groups in total. The molecule has 0 aromatic rings. The summed E-state index contributed by atoms with van der Waals surface area (Å²) in [5, 5.41) is 3.96. The Labute approximate surface area is 126 Å². The Morgan fingerprint density at radius 2 is 1.75 bits per heavy atom. The van der Waals surface area contributed by atoms with Gasteiger partial charge < -0.3 is 10.2 Å². The van der Waals surface area contributed by atoms with Gasteiger partial charge in [0.05, 0.1) is 0 Å². The van der Waals surface area contributed by atoms with Crippen LogP contribution in [0.3, 0.4) is 0 Å². The number of nitrogens with zero attached hydrogens (tertiary/aromatic N) is 1. The second-order valence-corrected chi connectivity index (χ2v) is 7.93. The maximum Gasteiger partial charge on any atom is 0.0327 e. The predicted molar refractivity (Wildman–Crippen MR) is 88.1 cm³/mol. The molecule has 2 fully saturated rings. The molecule has 0 radical (unpaired) electrons. The van der Waals surface area contributed by atoms with Crippen LogP contribution in [0.1, 0.15) is 71.6 Å². The number of hydrogen-bond acceptors (Lipinski definition) is 2. The molecule has 0 spiro atoms. The summed E-state index contributed by atoms with van der Waals surface area (Å²) in [5.41, 5.74) is 0.434. The standard InChI is InChI=1S/C18H36N2/c1-15(2)16-9-8-10-17(13-16)19-14-18(20(3)4)11-6-5-7-12-18/h15-17,19H,5-14H2,1-4H3. The summed E-state index contributed by atoms with van der Waals surface area (Å²) in [6.07, 6.45) is 12.7. The highest BCUT2D eigenvalue weighted by atomic mass is 15.2. The molecule has 0 aliphatic heterocycles. The minimum Gasteiger partial charge on any atom is -0.312 e. The molecular formula is C18H36N2. The fraction of sp³-hybridized carbons (Fsp3) is 1.00. The zero-order valence-electron chi connectivity index (χ0n) is 14.3. The van der Waals surface area contributed by atoms with Crippen molar-refractivity contribution in [2.24, 2.45) is 11.8 Å². The second-order valence-electron chi connectivity index (χ2n) is 7.93. The van der Waals surface area contributed by atoms with Crippen molar-refractivity contribution < 1.29 is 0 Å². The lowest BCUT2D eigenvalue weighted by Gasteiger charge is -2.45. The molecule has 0 heterocycles. The lowest BCUT2D eigenvalue weighted by atomic mass is 9.78. The Morgan fingerprint density at radius 1 is 1.05 bits per heavy atom. The minimum atomic E-state index is 0.434. The third kappa shape index (κ3) is 3.98. The molecule has 20 heavy (non-hydrogen) atoms. The first-order valence-corrected chi connectivity index (χ1v) is 8.94. The van der Waals surface area contributed by atoms with E-state index in [1.807, 2.05) is 0 Å². The fourth-order valence-corrected chi connectivity index (χ4v) is 4.34. The van der Waals surface area contributed by atoms with Crippen molar-refractivity contribution in [2.75, 3.05) is 20.6 Å². The normalized spacial score (nSPS) is 30.9. The van der Waals surface area contributed by atoms with Gasteiger partial charge in [0.1, 0.15) is 0 Å². The molecule has 0 aromatic carbocycles. The number of likely N-dealkylation sites (N-methyl/N-ethyl adjacent to an activating group) is 1. The van der Waals surface area contributed by atoms with Gasteiger partial charge in [0.15, 0.2) is 0 Å². The van der Waals surface area contributed by atoms with E-state index in [9.17, 15) is 0 Å². The van der Waals surface area contributed by atoms with Crippen molar-refractivity contribution in [3.63, 3.8) is 0 Å². The van der Waals surface area contributed by atoms with E-state index in [2.05, 4.69) is 38.2 Å². The van der Waals surface area contributed by atoms with Crippen LogP contribution in [0, 0.1) is 11.8 Å². The molecule has 0 aromatic heterocycles. The Bertz CT molecular complexity index is 279. The van der Waals surface area contributed by atoms with Gasteiger partial charge in [-0.2, -0.15) is 0 Å². The van der Waals surface area contributed by atoms with Gasteiger partial charge in [0.2, 0.25) is 0 Å². The van der Waals surface area contributed by atoms with Crippen molar-refractivity contribution in [1.29, 1.82) is 0 Å². The largest absolute Gasteiger partial charge is 0.312 e. The van der Waals surface area contributed by atoms with Crippen LogP contribution in [-0.4, -0.2) is 37.1 Å². The topological polar surface area (TPSA) is 15.3 Å². The highest BCUT2D eigenvalue weighted by Gasteiger charge is 2.35. The molecule has 2 rings (SSSR count). The minimum absolute atomic E-state index is 0.434. The van der Waals surface area contributed by atoms with Crippen molar-refractivity contribution in [3.8, 4) is 0 Å². The Hall–Kier alpha value is -0.0800. The fourth-order valence-electron chi connectivity index (χ4n) is 4.34. The molecule has 0 amide bonds. The van der Waals surface area contributed by atoms with Crippen molar-refractivity contribution in [2.45, 2.75) is 83.2 Å². The third-order valence-corrected chi connectivity index (χ3v) is 6.11. The Balaban J connectivity index is 1.86. The van der Waals surface area contributed by atoms with E-state index in [4.69, 9.17) is 0 Å². The van der Waals surface area contributed by atoms with Gasteiger partial charge in [0, 0.05) is 18.1 Å². The molecule has 0 bridgehead atoms. The second kappa shape index (κ2) is 7.26. The van der Waals surface area contributed by atoms with Crippen LogP contribution in [0.5, 0.6) is 0 Å². The van der Waals surface area contributed by atoms with Gasteiger partial charge in [-0.1, -0.05) is 46.0 Å². The first-order valence-electron chi connectivity index (χ1n) is 8.94. The van der Waals surface area contributed by atoms with Crippen molar-refractivity contribution in [1.82, 2.24) is 10.2 Å². The van der Waals surface area contributed by atoms with Gasteiger partial charge in [-0.05, 0) is 51.6 Å². The number of rotatable bonds is 5. The summed E-state index contributed by atoms with van der Waals surface area (Å²) in [6, 6.07) is 0.773.